The van der Waals surface area contributed by atoms with Gasteiger partial charge in [0.1, 0.15) is 11.4 Å². The normalized spacial score (nSPS) is 12.2. The lowest BCUT2D eigenvalue weighted by molar-refractivity contribution is 0.653. The minimum absolute atomic E-state index is 0.312. The van der Waals surface area contributed by atoms with Gasteiger partial charge < -0.3 is 4.42 Å². The number of hydrogen-bond acceptors (Lipinski definition) is 3. The van der Waals surface area contributed by atoms with Gasteiger partial charge in [-0.3, -0.25) is 4.57 Å². The minimum Gasteiger partial charge on any atom is -0.437 e. The molecular weight excluding hydrogens is 478 g/mol. The molecule has 0 saturated carbocycles. The third-order valence-electron chi connectivity index (χ3n) is 7.82. The summed E-state index contributed by atoms with van der Waals surface area (Å²) in [6.07, 6.45) is 0. The highest BCUT2D eigenvalue weighted by Gasteiger charge is 2.26. The van der Waals surface area contributed by atoms with E-state index in [0.717, 1.165) is 44.5 Å². The van der Waals surface area contributed by atoms with E-state index < -0.39 is 0 Å². The van der Waals surface area contributed by atoms with Crippen molar-refractivity contribution in [1.29, 1.82) is 0 Å². The van der Waals surface area contributed by atoms with Crippen LogP contribution in [-0.4, -0.2) is 14.5 Å². The molecular formula is C35H31N3O. The number of nitrogens with zero attached hydrogens (tertiary/aromatic N) is 3. The number of pyridine rings is 1. The number of benzene rings is 4. The molecule has 0 saturated heterocycles. The van der Waals surface area contributed by atoms with Crippen molar-refractivity contribution in [2.24, 2.45) is 0 Å². The van der Waals surface area contributed by atoms with E-state index in [0.29, 0.717) is 17.5 Å². The summed E-state index contributed by atoms with van der Waals surface area (Å²) in [5.41, 5.74) is 9.33. The van der Waals surface area contributed by atoms with Crippen LogP contribution in [0.1, 0.15) is 56.4 Å². The van der Waals surface area contributed by atoms with Crippen LogP contribution in [0.5, 0.6) is 0 Å². The standard InChI is InChI=1S/C35H31N3O/c1-20(2)28-19-23-11-6-7-12-24(23)31(21(3)4)32(28)38-30-16-9-8-15-29(30)37-34(38)27-14-10-13-25-26-18-17-22(5)36-35(26)39-33(25)27/h6-21H,1-5H3. The van der Waals surface area contributed by atoms with Crippen molar-refractivity contribution >= 4 is 43.9 Å². The van der Waals surface area contributed by atoms with Crippen molar-refractivity contribution in [3.63, 3.8) is 0 Å². The molecule has 4 heteroatoms. The highest BCUT2D eigenvalue weighted by molar-refractivity contribution is 6.08. The third kappa shape index (κ3) is 3.59. The van der Waals surface area contributed by atoms with Crippen LogP contribution in [0.3, 0.4) is 0 Å². The highest BCUT2D eigenvalue weighted by Crippen LogP contribution is 2.43. The molecule has 3 aromatic heterocycles. The Morgan fingerprint density at radius 2 is 1.49 bits per heavy atom. The number of para-hydroxylation sites is 3. The van der Waals surface area contributed by atoms with Gasteiger partial charge in [-0.1, -0.05) is 76.2 Å². The van der Waals surface area contributed by atoms with E-state index in [-0.39, 0.29) is 0 Å². The molecule has 4 aromatic carbocycles. The van der Waals surface area contributed by atoms with E-state index in [1.165, 1.54) is 27.6 Å². The summed E-state index contributed by atoms with van der Waals surface area (Å²) in [7, 11) is 0. The molecule has 0 aliphatic rings. The number of imidazole rings is 1. The van der Waals surface area contributed by atoms with Gasteiger partial charge in [-0.05, 0) is 77.1 Å². The number of fused-ring (bicyclic) bond motifs is 5. The molecule has 0 unspecified atom stereocenters. The lowest BCUT2D eigenvalue weighted by Crippen LogP contribution is -2.09. The van der Waals surface area contributed by atoms with E-state index in [1.54, 1.807) is 0 Å². The van der Waals surface area contributed by atoms with Crippen molar-refractivity contribution in [1.82, 2.24) is 14.5 Å². The SMILES string of the molecule is Cc1ccc2c(n1)oc1c(-c3nc4ccccc4n3-c3c(C(C)C)cc4ccccc4c3C(C)C)cccc12. The van der Waals surface area contributed by atoms with Gasteiger partial charge >= 0.3 is 0 Å². The number of rotatable bonds is 4. The van der Waals surface area contributed by atoms with Crippen LogP contribution < -0.4 is 0 Å². The minimum atomic E-state index is 0.312. The molecule has 7 rings (SSSR count). The van der Waals surface area contributed by atoms with Crippen LogP contribution in [0.2, 0.25) is 0 Å². The number of hydrogen-bond donors (Lipinski definition) is 0. The molecule has 0 aliphatic heterocycles. The van der Waals surface area contributed by atoms with E-state index in [1.807, 2.05) is 13.0 Å². The second kappa shape index (κ2) is 8.81. The van der Waals surface area contributed by atoms with E-state index in [9.17, 15) is 0 Å². The summed E-state index contributed by atoms with van der Waals surface area (Å²) in [6, 6.07) is 30.1. The molecule has 0 atom stereocenters. The lowest BCUT2D eigenvalue weighted by Gasteiger charge is -2.25. The molecule has 7 aromatic rings. The van der Waals surface area contributed by atoms with Crippen LogP contribution in [0.15, 0.2) is 89.3 Å². The van der Waals surface area contributed by atoms with Crippen LogP contribution in [0.4, 0.5) is 0 Å². The Hall–Kier alpha value is -4.44. The van der Waals surface area contributed by atoms with Crippen molar-refractivity contribution in [2.75, 3.05) is 0 Å². The summed E-state index contributed by atoms with van der Waals surface area (Å²) in [5, 5.41) is 4.65. The maximum Gasteiger partial charge on any atom is 0.227 e. The van der Waals surface area contributed by atoms with Gasteiger partial charge in [0.15, 0.2) is 0 Å². The van der Waals surface area contributed by atoms with Crippen LogP contribution in [-0.2, 0) is 0 Å². The second-order valence-corrected chi connectivity index (χ2v) is 11.1. The van der Waals surface area contributed by atoms with Crippen molar-refractivity contribution in [2.45, 2.75) is 46.5 Å². The molecule has 192 valence electrons. The summed E-state index contributed by atoms with van der Waals surface area (Å²) in [4.78, 5) is 9.95. The average molecular weight is 510 g/mol. The summed E-state index contributed by atoms with van der Waals surface area (Å²) >= 11 is 0. The van der Waals surface area contributed by atoms with Crippen LogP contribution in [0, 0.1) is 6.92 Å². The fourth-order valence-corrected chi connectivity index (χ4v) is 6.04. The van der Waals surface area contributed by atoms with Crippen molar-refractivity contribution < 1.29 is 4.42 Å². The quantitative estimate of drug-likeness (QED) is 0.237. The van der Waals surface area contributed by atoms with E-state index >= 15 is 0 Å². The van der Waals surface area contributed by atoms with Gasteiger partial charge in [0, 0.05) is 16.5 Å². The first-order valence-electron chi connectivity index (χ1n) is 13.7. The topological polar surface area (TPSA) is 43.9 Å². The van der Waals surface area contributed by atoms with E-state index in [2.05, 4.69) is 116 Å². The van der Waals surface area contributed by atoms with Gasteiger partial charge in [-0.25, -0.2) is 9.97 Å². The zero-order chi connectivity index (χ0) is 26.8. The maximum atomic E-state index is 6.47. The fourth-order valence-electron chi connectivity index (χ4n) is 6.04. The molecule has 0 amide bonds. The van der Waals surface area contributed by atoms with Gasteiger partial charge in [-0.2, -0.15) is 0 Å². The summed E-state index contributed by atoms with van der Waals surface area (Å²) in [5.74, 6) is 1.52. The molecule has 0 aliphatic carbocycles. The zero-order valence-corrected chi connectivity index (χ0v) is 23.0. The lowest BCUT2D eigenvalue weighted by atomic mass is 9.87. The first kappa shape index (κ1) is 23.7. The van der Waals surface area contributed by atoms with Crippen molar-refractivity contribution in [3.8, 4) is 17.1 Å². The predicted octanol–water partition coefficient (Wildman–Crippen LogP) is 9.70. The molecule has 3 heterocycles. The number of furan rings is 1. The van der Waals surface area contributed by atoms with Crippen LogP contribution in [0.25, 0.3) is 61.0 Å². The molecule has 0 spiro atoms. The first-order chi connectivity index (χ1) is 18.9. The van der Waals surface area contributed by atoms with Gasteiger partial charge in [0.25, 0.3) is 0 Å². The predicted molar refractivity (Wildman–Crippen MR) is 162 cm³/mol. The largest absolute Gasteiger partial charge is 0.437 e. The Morgan fingerprint density at radius 1 is 0.718 bits per heavy atom. The number of aryl methyl sites for hydroxylation is 1. The van der Waals surface area contributed by atoms with Gasteiger partial charge in [0.05, 0.1) is 22.3 Å². The monoisotopic (exact) mass is 509 g/mol. The smallest absolute Gasteiger partial charge is 0.227 e. The first-order valence-corrected chi connectivity index (χ1v) is 13.7. The summed E-state index contributed by atoms with van der Waals surface area (Å²) < 4.78 is 8.85. The Morgan fingerprint density at radius 3 is 2.31 bits per heavy atom. The molecule has 4 nitrogen and oxygen atoms in total. The number of aromatic nitrogens is 3. The molecule has 39 heavy (non-hydrogen) atoms. The molecule has 0 N–H and O–H groups in total. The van der Waals surface area contributed by atoms with Crippen molar-refractivity contribution in [3.05, 3.63) is 102 Å². The Bertz CT molecular complexity index is 2040. The Labute approximate surface area is 227 Å². The fraction of sp³-hybridized carbons (Fsp3) is 0.200. The molecule has 0 bridgehead atoms. The van der Waals surface area contributed by atoms with Gasteiger partial charge in [-0.15, -0.1) is 0 Å². The maximum absolute atomic E-state index is 6.47. The second-order valence-electron chi connectivity index (χ2n) is 11.1. The summed E-state index contributed by atoms with van der Waals surface area (Å²) in [6.45, 7) is 11.1. The van der Waals surface area contributed by atoms with Crippen LogP contribution >= 0.6 is 0 Å². The van der Waals surface area contributed by atoms with Gasteiger partial charge in [0.2, 0.25) is 5.71 Å². The molecule has 0 fully saturated rings. The Kier molecular flexibility index (Phi) is 5.34. The Balaban J connectivity index is 1.66. The molecule has 0 radical (unpaired) electrons. The average Bonchev–Trinajstić information content (AvgIpc) is 3.49. The van der Waals surface area contributed by atoms with E-state index in [4.69, 9.17) is 9.40 Å². The highest BCUT2D eigenvalue weighted by atomic mass is 16.3. The third-order valence-corrected chi connectivity index (χ3v) is 7.82. The zero-order valence-electron chi connectivity index (χ0n) is 23.0.